The molecule has 0 aliphatic carbocycles. The van der Waals surface area contributed by atoms with Crippen molar-refractivity contribution in [2.75, 3.05) is 33.8 Å². The molecule has 8 nitrogen and oxygen atoms in total. The number of hydrogen-bond acceptors (Lipinski definition) is 7. The van der Waals surface area contributed by atoms with Gasteiger partial charge >= 0.3 is 0 Å². The van der Waals surface area contributed by atoms with Gasteiger partial charge in [-0.15, -0.1) is 0 Å². The molecular weight excluding hydrogens is 430 g/mol. The molecule has 5 rings (SSSR count). The second kappa shape index (κ2) is 9.77. The highest BCUT2D eigenvalue weighted by atomic mass is 16.6. The number of carbonyl (C=O) groups excluding carboxylic acids is 1. The summed E-state index contributed by atoms with van der Waals surface area (Å²) < 4.78 is 5.66. The van der Waals surface area contributed by atoms with Gasteiger partial charge in [0.1, 0.15) is 13.2 Å². The lowest BCUT2D eigenvalue weighted by molar-refractivity contribution is 0.0732. The molecule has 2 aliphatic heterocycles. The highest BCUT2D eigenvalue weighted by molar-refractivity contribution is 6.00. The molecule has 0 spiro atoms. The maximum Gasteiger partial charge on any atom is 0.254 e. The van der Waals surface area contributed by atoms with Crippen LogP contribution in [0.1, 0.15) is 53.3 Å². The predicted octanol–water partition coefficient (Wildman–Crippen LogP) is 4.14. The number of nitrogens with zero attached hydrogens (tertiary/aromatic N) is 5. The fourth-order valence-corrected chi connectivity index (χ4v) is 4.86. The normalized spacial score (nSPS) is 22.3. The molecule has 0 N–H and O–H groups in total. The summed E-state index contributed by atoms with van der Waals surface area (Å²) in [5, 5.41) is 8.39. The minimum absolute atomic E-state index is 0.0883. The first-order valence-electron chi connectivity index (χ1n) is 11.7. The van der Waals surface area contributed by atoms with Gasteiger partial charge < -0.3 is 19.2 Å². The summed E-state index contributed by atoms with van der Waals surface area (Å²) in [6, 6.07) is 17.5. The molecule has 3 heterocycles. The van der Waals surface area contributed by atoms with Gasteiger partial charge in [-0.05, 0) is 49.7 Å². The molecule has 176 valence electrons. The Kier molecular flexibility index (Phi) is 6.40. The molecule has 3 aromatic rings. The van der Waals surface area contributed by atoms with Crippen molar-refractivity contribution < 1.29 is 14.2 Å². The summed E-state index contributed by atoms with van der Waals surface area (Å²) in [7, 11) is 3.62. The lowest BCUT2D eigenvalue weighted by Gasteiger charge is -2.27. The second-order valence-corrected chi connectivity index (χ2v) is 9.03. The number of benzene rings is 2. The number of likely N-dealkylation sites (N-methyl/N-ethyl adjacent to an activating group) is 1. The molecular formula is C26H29N5O3. The van der Waals surface area contributed by atoms with E-state index in [1.807, 2.05) is 42.5 Å². The number of piperidine rings is 1. The molecule has 2 aliphatic rings. The van der Waals surface area contributed by atoms with Gasteiger partial charge in [-0.3, -0.25) is 4.79 Å². The smallest absolute Gasteiger partial charge is 0.254 e. The lowest BCUT2D eigenvalue weighted by Crippen LogP contribution is -2.32. The van der Waals surface area contributed by atoms with Crippen LogP contribution in [0.25, 0.3) is 11.1 Å². The Hall–Kier alpha value is -3.52. The summed E-state index contributed by atoms with van der Waals surface area (Å²) in [6.45, 7) is 2.36. The maximum absolute atomic E-state index is 13.5. The van der Waals surface area contributed by atoms with Gasteiger partial charge in [-0.1, -0.05) is 52.8 Å². The van der Waals surface area contributed by atoms with Gasteiger partial charge in [0.05, 0.1) is 18.2 Å². The number of aromatic nitrogens is 2. The number of likely N-dealkylation sites (tertiary alicyclic amines) is 2. The zero-order valence-corrected chi connectivity index (χ0v) is 19.6. The third kappa shape index (κ3) is 4.59. The summed E-state index contributed by atoms with van der Waals surface area (Å²) in [5.41, 5.74) is 3.58. The van der Waals surface area contributed by atoms with E-state index in [9.17, 15) is 4.79 Å². The Balaban J connectivity index is 1.38. The van der Waals surface area contributed by atoms with E-state index >= 15 is 0 Å². The van der Waals surface area contributed by atoms with Crippen LogP contribution < -0.4 is 0 Å². The Bertz CT molecular complexity index is 1160. The number of hydrogen-bond donors (Lipinski definition) is 0. The van der Waals surface area contributed by atoms with E-state index in [-0.39, 0.29) is 17.9 Å². The predicted molar refractivity (Wildman–Crippen MR) is 128 cm³/mol. The summed E-state index contributed by atoms with van der Waals surface area (Å²) in [5.74, 6) is 1.31. The Morgan fingerprint density at radius 3 is 2.62 bits per heavy atom. The molecule has 2 unspecified atom stereocenters. The number of amides is 1. The van der Waals surface area contributed by atoms with Crippen molar-refractivity contribution in [3.63, 3.8) is 0 Å². The minimum Gasteiger partial charge on any atom is -0.399 e. The standard InChI is InChI=1S/C26H29N5O3/c1-30-14-6-9-21(16-30)25-27-24(29-34-25)23-15-22(28-33-2)17-31(23)26(32)20-12-10-19(11-13-20)18-7-4-3-5-8-18/h3-5,7-8,10-13,21,23H,6,9,14-17H2,1-2H3. The minimum atomic E-state index is -0.339. The first kappa shape index (κ1) is 22.3. The Morgan fingerprint density at radius 2 is 1.88 bits per heavy atom. The molecule has 2 atom stereocenters. The van der Waals surface area contributed by atoms with E-state index in [0.29, 0.717) is 30.2 Å². The monoisotopic (exact) mass is 459 g/mol. The zero-order valence-electron chi connectivity index (χ0n) is 19.6. The van der Waals surface area contributed by atoms with Crippen LogP contribution in [0.3, 0.4) is 0 Å². The van der Waals surface area contributed by atoms with E-state index in [2.05, 4.69) is 34.4 Å². The van der Waals surface area contributed by atoms with Gasteiger partial charge in [0.15, 0.2) is 5.82 Å². The largest absolute Gasteiger partial charge is 0.399 e. The Morgan fingerprint density at radius 1 is 1.12 bits per heavy atom. The zero-order chi connectivity index (χ0) is 23.5. The van der Waals surface area contributed by atoms with Crippen LogP contribution in [-0.2, 0) is 4.84 Å². The van der Waals surface area contributed by atoms with Crippen LogP contribution in [0.15, 0.2) is 64.3 Å². The molecule has 0 radical (unpaired) electrons. The lowest BCUT2D eigenvalue weighted by atomic mass is 9.98. The van der Waals surface area contributed by atoms with E-state index in [4.69, 9.17) is 14.3 Å². The van der Waals surface area contributed by atoms with Crippen LogP contribution in [0.4, 0.5) is 0 Å². The average molecular weight is 460 g/mol. The molecule has 0 bridgehead atoms. The maximum atomic E-state index is 13.5. The first-order chi connectivity index (χ1) is 16.6. The van der Waals surface area contributed by atoms with Crippen molar-refractivity contribution in [1.82, 2.24) is 19.9 Å². The van der Waals surface area contributed by atoms with Gasteiger partial charge in [-0.2, -0.15) is 4.98 Å². The van der Waals surface area contributed by atoms with Crippen molar-refractivity contribution in [3.8, 4) is 11.1 Å². The van der Waals surface area contributed by atoms with Gasteiger partial charge in [0.25, 0.3) is 5.91 Å². The van der Waals surface area contributed by atoms with Gasteiger partial charge in [0, 0.05) is 18.5 Å². The van der Waals surface area contributed by atoms with E-state index in [1.165, 1.54) is 7.11 Å². The van der Waals surface area contributed by atoms with E-state index in [1.54, 1.807) is 4.90 Å². The highest BCUT2D eigenvalue weighted by Gasteiger charge is 2.38. The Labute approximate surface area is 199 Å². The van der Waals surface area contributed by atoms with Crippen molar-refractivity contribution in [1.29, 1.82) is 0 Å². The summed E-state index contributed by atoms with van der Waals surface area (Å²) in [6.07, 6.45) is 2.66. The highest BCUT2D eigenvalue weighted by Crippen LogP contribution is 2.33. The number of carbonyl (C=O) groups is 1. The van der Waals surface area contributed by atoms with Crippen LogP contribution in [-0.4, -0.2) is 65.4 Å². The number of rotatable bonds is 5. The SMILES string of the molecule is CON=C1CC(c2noc(C3CCCN(C)C3)n2)N(C(=O)c2ccc(-c3ccccc3)cc2)C1. The second-order valence-electron chi connectivity index (χ2n) is 9.03. The van der Waals surface area contributed by atoms with Gasteiger partial charge in [0.2, 0.25) is 5.89 Å². The third-order valence-corrected chi connectivity index (χ3v) is 6.61. The van der Waals surface area contributed by atoms with Crippen LogP contribution in [0.2, 0.25) is 0 Å². The van der Waals surface area contributed by atoms with Gasteiger partial charge in [-0.25, -0.2) is 0 Å². The average Bonchev–Trinajstić information content (AvgIpc) is 3.52. The third-order valence-electron chi connectivity index (χ3n) is 6.61. The summed E-state index contributed by atoms with van der Waals surface area (Å²) in [4.78, 5) is 27.3. The molecule has 1 aromatic heterocycles. The molecule has 8 heteroatoms. The van der Waals surface area contributed by atoms with Crippen molar-refractivity contribution in [2.45, 2.75) is 31.2 Å². The molecule has 2 saturated heterocycles. The van der Waals surface area contributed by atoms with Crippen LogP contribution >= 0.6 is 0 Å². The van der Waals surface area contributed by atoms with Crippen molar-refractivity contribution in [2.24, 2.45) is 5.16 Å². The van der Waals surface area contributed by atoms with Crippen LogP contribution in [0.5, 0.6) is 0 Å². The summed E-state index contributed by atoms with van der Waals surface area (Å²) >= 11 is 0. The molecule has 1 amide bonds. The molecule has 2 aromatic carbocycles. The number of oxime groups is 1. The van der Waals surface area contributed by atoms with Crippen LogP contribution in [0, 0.1) is 0 Å². The first-order valence-corrected chi connectivity index (χ1v) is 11.7. The van der Waals surface area contributed by atoms with Crippen molar-refractivity contribution in [3.05, 3.63) is 71.9 Å². The molecule has 0 saturated carbocycles. The fourth-order valence-electron chi connectivity index (χ4n) is 4.86. The molecule has 34 heavy (non-hydrogen) atoms. The van der Waals surface area contributed by atoms with Crippen molar-refractivity contribution >= 4 is 11.6 Å². The quantitative estimate of drug-likeness (QED) is 0.534. The van der Waals surface area contributed by atoms with E-state index < -0.39 is 0 Å². The van der Waals surface area contributed by atoms with E-state index in [0.717, 1.165) is 42.8 Å². The molecule has 2 fully saturated rings. The topological polar surface area (TPSA) is 84.1 Å². The fraction of sp³-hybridized carbons (Fsp3) is 0.385.